The molecule has 0 aliphatic carbocycles. The van der Waals surface area contributed by atoms with Crippen molar-refractivity contribution in [3.8, 4) is 0 Å². The molecule has 1 aromatic carbocycles. The number of aromatic nitrogens is 4. The second kappa shape index (κ2) is 4.79. The highest BCUT2D eigenvalue weighted by Crippen LogP contribution is 2.21. The molecule has 0 atom stereocenters. The minimum absolute atomic E-state index is 0.262. The van der Waals surface area contributed by atoms with Crippen molar-refractivity contribution in [2.75, 3.05) is 0 Å². The predicted octanol–water partition coefficient (Wildman–Crippen LogP) is 1.70. The van der Waals surface area contributed by atoms with Gasteiger partial charge in [0.05, 0.1) is 23.3 Å². The molecule has 18 heavy (non-hydrogen) atoms. The van der Waals surface area contributed by atoms with Crippen molar-refractivity contribution >= 4 is 22.8 Å². The third kappa shape index (κ3) is 2.22. The lowest BCUT2D eigenvalue weighted by atomic mass is 10.3. The van der Waals surface area contributed by atoms with Crippen molar-refractivity contribution < 1.29 is 4.42 Å². The third-order valence-electron chi connectivity index (χ3n) is 2.39. The van der Waals surface area contributed by atoms with Gasteiger partial charge in [0.1, 0.15) is 5.82 Å². The standard InChI is InChI=1S/C11H11N5OS/c12-5-10-15-16-11(17-10)18-6-9-13-7-3-1-2-4-8(7)14-9/h1-4H,5-6,12H2,(H,13,14). The Kier molecular flexibility index (Phi) is 2.99. The molecule has 3 N–H and O–H groups in total. The Morgan fingerprint density at radius 2 is 2.17 bits per heavy atom. The molecule has 2 aromatic heterocycles. The maximum atomic E-state index is 5.40. The Morgan fingerprint density at radius 3 is 2.94 bits per heavy atom. The summed E-state index contributed by atoms with van der Waals surface area (Å²) in [6.07, 6.45) is 0. The van der Waals surface area contributed by atoms with E-state index < -0.39 is 0 Å². The smallest absolute Gasteiger partial charge is 0.277 e. The van der Waals surface area contributed by atoms with Crippen LogP contribution in [0.1, 0.15) is 11.7 Å². The first-order valence-electron chi connectivity index (χ1n) is 5.44. The third-order valence-corrected chi connectivity index (χ3v) is 3.22. The number of hydrogen-bond acceptors (Lipinski definition) is 6. The average Bonchev–Trinajstić information content (AvgIpc) is 3.02. The highest BCUT2D eigenvalue weighted by molar-refractivity contribution is 7.98. The van der Waals surface area contributed by atoms with Crippen LogP contribution in [0.3, 0.4) is 0 Å². The maximum Gasteiger partial charge on any atom is 0.277 e. The van der Waals surface area contributed by atoms with Crippen molar-refractivity contribution in [3.05, 3.63) is 36.0 Å². The van der Waals surface area contributed by atoms with E-state index in [1.807, 2.05) is 24.3 Å². The second-order valence-corrected chi connectivity index (χ2v) is 4.58. The number of imidazole rings is 1. The molecule has 6 nitrogen and oxygen atoms in total. The van der Waals surface area contributed by atoms with E-state index in [9.17, 15) is 0 Å². The number of aromatic amines is 1. The van der Waals surface area contributed by atoms with Crippen molar-refractivity contribution in [2.24, 2.45) is 5.73 Å². The summed E-state index contributed by atoms with van der Waals surface area (Å²) in [4.78, 5) is 7.70. The number of H-pyrrole nitrogens is 1. The first kappa shape index (κ1) is 11.2. The van der Waals surface area contributed by atoms with Crippen LogP contribution in [0, 0.1) is 0 Å². The molecule has 2 heterocycles. The minimum atomic E-state index is 0.262. The Labute approximate surface area is 107 Å². The van der Waals surface area contributed by atoms with Crippen LogP contribution in [-0.4, -0.2) is 20.2 Å². The number of thioether (sulfide) groups is 1. The molecule has 0 bridgehead atoms. The normalized spacial score (nSPS) is 11.2. The Morgan fingerprint density at radius 1 is 1.28 bits per heavy atom. The van der Waals surface area contributed by atoms with Crippen molar-refractivity contribution in [2.45, 2.75) is 17.5 Å². The molecule has 92 valence electrons. The van der Waals surface area contributed by atoms with Gasteiger partial charge in [-0.2, -0.15) is 0 Å². The number of benzene rings is 1. The topological polar surface area (TPSA) is 93.6 Å². The minimum Gasteiger partial charge on any atom is -0.415 e. The number of hydrogen-bond donors (Lipinski definition) is 2. The molecule has 0 spiro atoms. The van der Waals surface area contributed by atoms with Gasteiger partial charge in [0.25, 0.3) is 5.22 Å². The van der Waals surface area contributed by atoms with E-state index >= 15 is 0 Å². The number of rotatable bonds is 4. The summed E-state index contributed by atoms with van der Waals surface area (Å²) in [5, 5.41) is 8.19. The summed E-state index contributed by atoms with van der Waals surface area (Å²) in [7, 11) is 0. The summed E-state index contributed by atoms with van der Waals surface area (Å²) in [5.74, 6) is 1.98. The van der Waals surface area contributed by atoms with Crippen LogP contribution in [0.15, 0.2) is 33.9 Å². The van der Waals surface area contributed by atoms with Gasteiger partial charge >= 0.3 is 0 Å². The van der Waals surface area contributed by atoms with Gasteiger partial charge in [0.2, 0.25) is 5.89 Å². The lowest BCUT2D eigenvalue weighted by Crippen LogP contribution is -1.95. The summed E-state index contributed by atoms with van der Waals surface area (Å²) >= 11 is 1.44. The largest absolute Gasteiger partial charge is 0.415 e. The average molecular weight is 261 g/mol. The predicted molar refractivity (Wildman–Crippen MR) is 67.8 cm³/mol. The van der Waals surface area contributed by atoms with Gasteiger partial charge in [-0.05, 0) is 12.1 Å². The van der Waals surface area contributed by atoms with Crippen LogP contribution in [0.2, 0.25) is 0 Å². The summed E-state index contributed by atoms with van der Waals surface area (Å²) in [6.45, 7) is 0.262. The van der Waals surface area contributed by atoms with Gasteiger partial charge in [-0.3, -0.25) is 0 Å². The van der Waals surface area contributed by atoms with Crippen molar-refractivity contribution in [1.82, 2.24) is 20.2 Å². The van der Waals surface area contributed by atoms with Crippen LogP contribution in [0.4, 0.5) is 0 Å². The number of nitrogens with two attached hydrogens (primary N) is 1. The van der Waals surface area contributed by atoms with Gasteiger partial charge < -0.3 is 15.1 Å². The summed E-state index contributed by atoms with van der Waals surface area (Å²) in [5.41, 5.74) is 7.39. The van der Waals surface area contributed by atoms with E-state index in [0.29, 0.717) is 16.9 Å². The molecule has 3 aromatic rings. The molecule has 3 rings (SSSR count). The fraction of sp³-hybridized carbons (Fsp3) is 0.182. The van der Waals surface area contributed by atoms with E-state index in [4.69, 9.17) is 10.2 Å². The number of para-hydroxylation sites is 2. The zero-order chi connectivity index (χ0) is 12.4. The van der Waals surface area contributed by atoms with Gasteiger partial charge in [-0.25, -0.2) is 4.98 Å². The second-order valence-electron chi connectivity index (χ2n) is 3.66. The molecule has 0 fully saturated rings. The monoisotopic (exact) mass is 261 g/mol. The summed E-state index contributed by atoms with van der Waals surface area (Å²) in [6, 6.07) is 7.91. The SMILES string of the molecule is NCc1nnc(SCc2nc3ccccc3[nH]2)o1. The van der Waals surface area contributed by atoms with Crippen molar-refractivity contribution in [1.29, 1.82) is 0 Å². The highest BCUT2D eigenvalue weighted by atomic mass is 32.2. The van der Waals surface area contributed by atoms with E-state index in [1.54, 1.807) is 0 Å². The first-order valence-corrected chi connectivity index (χ1v) is 6.42. The Balaban J connectivity index is 1.72. The molecule has 7 heteroatoms. The van der Waals surface area contributed by atoms with E-state index in [2.05, 4.69) is 20.2 Å². The van der Waals surface area contributed by atoms with Gasteiger partial charge in [-0.1, -0.05) is 23.9 Å². The van der Waals surface area contributed by atoms with Gasteiger partial charge in [-0.15, -0.1) is 10.2 Å². The maximum absolute atomic E-state index is 5.40. The molecule has 0 aliphatic rings. The number of fused-ring (bicyclic) bond motifs is 1. The molecule has 0 saturated carbocycles. The van der Waals surface area contributed by atoms with Crippen LogP contribution in [0.25, 0.3) is 11.0 Å². The van der Waals surface area contributed by atoms with E-state index in [-0.39, 0.29) is 6.54 Å². The molecule has 0 aliphatic heterocycles. The molecule has 0 saturated heterocycles. The molecule has 0 amide bonds. The van der Waals surface area contributed by atoms with Crippen LogP contribution >= 0.6 is 11.8 Å². The summed E-state index contributed by atoms with van der Waals surface area (Å²) < 4.78 is 5.30. The fourth-order valence-corrected chi connectivity index (χ4v) is 2.23. The molecule has 0 unspecified atom stereocenters. The lowest BCUT2D eigenvalue weighted by molar-refractivity contribution is 0.414. The van der Waals surface area contributed by atoms with Crippen LogP contribution in [0.5, 0.6) is 0 Å². The number of nitrogens with zero attached hydrogens (tertiary/aromatic N) is 3. The van der Waals surface area contributed by atoms with Crippen LogP contribution < -0.4 is 5.73 Å². The van der Waals surface area contributed by atoms with Crippen LogP contribution in [-0.2, 0) is 12.3 Å². The number of nitrogens with one attached hydrogen (secondary N) is 1. The fourth-order valence-electron chi connectivity index (χ4n) is 1.58. The molecular weight excluding hydrogens is 250 g/mol. The lowest BCUT2D eigenvalue weighted by Gasteiger charge is -1.91. The quantitative estimate of drug-likeness (QED) is 0.694. The molecular formula is C11H11N5OS. The zero-order valence-corrected chi connectivity index (χ0v) is 10.3. The zero-order valence-electron chi connectivity index (χ0n) is 9.46. The van der Waals surface area contributed by atoms with E-state index in [1.165, 1.54) is 11.8 Å². The van der Waals surface area contributed by atoms with Gasteiger partial charge in [0, 0.05) is 0 Å². The Hall–Kier alpha value is -1.86. The van der Waals surface area contributed by atoms with E-state index in [0.717, 1.165) is 16.9 Å². The first-order chi connectivity index (χ1) is 8.85. The van der Waals surface area contributed by atoms with Gasteiger partial charge in [0.15, 0.2) is 0 Å². The van der Waals surface area contributed by atoms with Crippen molar-refractivity contribution in [3.63, 3.8) is 0 Å². The molecule has 0 radical (unpaired) electrons. The highest BCUT2D eigenvalue weighted by Gasteiger charge is 2.07. The Bertz CT molecular complexity index is 629.